The lowest BCUT2D eigenvalue weighted by Gasteiger charge is -2.35. The van der Waals surface area contributed by atoms with Crippen LogP contribution in [0.15, 0.2) is 30.3 Å². The molecule has 1 aliphatic heterocycles. The quantitative estimate of drug-likeness (QED) is 0.185. The molecular formula is C41H64N4O8. The molecule has 1 saturated carbocycles. The molecule has 2 fully saturated rings. The van der Waals surface area contributed by atoms with E-state index in [0.29, 0.717) is 24.9 Å². The van der Waals surface area contributed by atoms with Crippen molar-refractivity contribution in [1.82, 2.24) is 20.4 Å². The van der Waals surface area contributed by atoms with Crippen molar-refractivity contribution in [2.24, 2.45) is 29.1 Å². The first kappa shape index (κ1) is 43.6. The second kappa shape index (κ2) is 20.0. The number of carbonyl (C=O) groups excluding carboxylic acids is 6. The zero-order valence-corrected chi connectivity index (χ0v) is 33.2. The average Bonchev–Trinajstić information content (AvgIpc) is 3.45. The number of Topliss-reactive ketones (excluding diaryl/α,β-unsaturated/α-hetero) is 2. The Morgan fingerprint density at radius 2 is 1.57 bits per heavy atom. The number of nitrogens with one attached hydrogen (secondary N) is 2. The molecule has 0 bridgehead atoms. The van der Waals surface area contributed by atoms with E-state index < -0.39 is 47.9 Å². The molecule has 3 N–H and O–H groups in total. The molecule has 0 spiro atoms. The van der Waals surface area contributed by atoms with Crippen LogP contribution in [0.25, 0.3) is 0 Å². The van der Waals surface area contributed by atoms with Crippen LogP contribution in [-0.2, 0) is 28.7 Å². The minimum Gasteiger partial charge on any atom is -0.449 e. The summed E-state index contributed by atoms with van der Waals surface area (Å²) in [4.78, 5) is 83.6. The number of aliphatic hydroxyl groups is 1. The normalized spacial score (nSPS) is 19.6. The molecule has 0 aromatic heterocycles. The number of amides is 4. The molecule has 12 nitrogen and oxygen atoms in total. The maximum atomic E-state index is 14.4. The third kappa shape index (κ3) is 13.2. The largest absolute Gasteiger partial charge is 0.449 e. The average molecular weight is 741 g/mol. The van der Waals surface area contributed by atoms with Gasteiger partial charge in [-0.3, -0.25) is 24.0 Å². The number of benzene rings is 1. The molecule has 1 saturated heterocycles. The third-order valence-corrected chi connectivity index (χ3v) is 10.3. The van der Waals surface area contributed by atoms with Gasteiger partial charge in [0.2, 0.25) is 17.7 Å². The number of alkyl carbamates (subject to hydrolysis) is 1. The third-order valence-electron chi connectivity index (χ3n) is 10.3. The van der Waals surface area contributed by atoms with Crippen molar-refractivity contribution in [3.63, 3.8) is 0 Å². The van der Waals surface area contributed by atoms with Gasteiger partial charge >= 0.3 is 6.09 Å². The number of rotatable bonds is 18. The summed E-state index contributed by atoms with van der Waals surface area (Å²) in [6.45, 7) is 12.3. The fourth-order valence-corrected chi connectivity index (χ4v) is 7.62. The highest BCUT2D eigenvalue weighted by molar-refractivity contribution is 5.94. The van der Waals surface area contributed by atoms with Gasteiger partial charge in [-0.05, 0) is 60.3 Å². The van der Waals surface area contributed by atoms with E-state index in [0.717, 1.165) is 32.1 Å². The highest BCUT2D eigenvalue weighted by Gasteiger charge is 2.47. The van der Waals surface area contributed by atoms with Gasteiger partial charge in [0.15, 0.2) is 11.6 Å². The lowest BCUT2D eigenvalue weighted by molar-refractivity contribution is -0.142. The Morgan fingerprint density at radius 1 is 0.925 bits per heavy atom. The maximum absolute atomic E-state index is 14.4. The lowest BCUT2D eigenvalue weighted by atomic mass is 9.82. The van der Waals surface area contributed by atoms with Crippen LogP contribution in [0.1, 0.15) is 117 Å². The topological polar surface area (TPSA) is 162 Å². The van der Waals surface area contributed by atoms with Crippen LogP contribution in [-0.4, -0.2) is 95.7 Å². The molecule has 53 heavy (non-hydrogen) atoms. The van der Waals surface area contributed by atoms with Gasteiger partial charge < -0.3 is 30.3 Å². The first-order valence-corrected chi connectivity index (χ1v) is 19.4. The van der Waals surface area contributed by atoms with Crippen LogP contribution >= 0.6 is 0 Å². The Kier molecular flexibility index (Phi) is 16.5. The summed E-state index contributed by atoms with van der Waals surface area (Å²) in [6, 6.07) is 6.31. The van der Waals surface area contributed by atoms with Crippen LogP contribution < -0.4 is 10.6 Å². The summed E-state index contributed by atoms with van der Waals surface area (Å²) in [6.07, 6.45) is 2.60. The van der Waals surface area contributed by atoms with Gasteiger partial charge in [0.1, 0.15) is 18.2 Å². The van der Waals surface area contributed by atoms with Crippen LogP contribution in [0.3, 0.4) is 0 Å². The van der Waals surface area contributed by atoms with Crippen molar-refractivity contribution in [3.8, 4) is 0 Å². The summed E-state index contributed by atoms with van der Waals surface area (Å²) in [5, 5.41) is 16.9. The minimum absolute atomic E-state index is 0.0525. The number of hydrogen-bond donors (Lipinski definition) is 3. The molecule has 1 aliphatic carbocycles. The van der Waals surface area contributed by atoms with Crippen LogP contribution in [0.2, 0.25) is 0 Å². The smallest absolute Gasteiger partial charge is 0.407 e. The van der Waals surface area contributed by atoms with E-state index in [1.165, 1.54) is 4.90 Å². The van der Waals surface area contributed by atoms with Gasteiger partial charge in [0.25, 0.3) is 0 Å². The van der Waals surface area contributed by atoms with Crippen LogP contribution in [0.5, 0.6) is 0 Å². The van der Waals surface area contributed by atoms with Gasteiger partial charge in [-0.15, -0.1) is 0 Å². The highest BCUT2D eigenvalue weighted by Crippen LogP contribution is 2.38. The predicted molar refractivity (Wildman–Crippen MR) is 202 cm³/mol. The first-order chi connectivity index (χ1) is 24.9. The van der Waals surface area contributed by atoms with Crippen molar-refractivity contribution in [1.29, 1.82) is 0 Å². The van der Waals surface area contributed by atoms with E-state index in [1.54, 1.807) is 43.3 Å². The zero-order valence-electron chi connectivity index (χ0n) is 33.2. The number of aliphatic hydroxyl groups excluding tert-OH is 1. The fourth-order valence-electron chi connectivity index (χ4n) is 7.62. The standard InChI is InChI=1S/C41H64N4O8/c1-26(2)21-30(37(49)32(46)19-20-34(48)42-35(38(50)44(7)8)28-15-11-9-12-16-28)22-33(47)31-23-41(5,6)25-45(31)39(51)36(29-17-13-10-14-18-29)43-40(52)53-24-27(3)4/h9,11-12,15-16,26-27,29-31,35-37,49H,10,13-14,17-25H2,1-8H3,(H,42,48)(H,43,52)/t30-,31?,35+,36+,37?/m1/s1. The number of ether oxygens (including phenoxy) is 1. The van der Waals surface area contributed by atoms with E-state index >= 15 is 0 Å². The Hall–Kier alpha value is -3.80. The fraction of sp³-hybridized carbons (Fsp3) is 0.707. The summed E-state index contributed by atoms with van der Waals surface area (Å²) in [5.41, 5.74) is 0.238. The molecular weight excluding hydrogens is 676 g/mol. The SMILES string of the molecule is CC(C)COC(=O)N[C@H](C(=O)N1CC(C)(C)CC1C(=O)C[C@@H](CC(C)C)C(O)C(=O)CCC(=O)N[C@H](C(=O)N(C)C)c1ccccc1)C1CCCCC1. The van der Waals surface area contributed by atoms with E-state index in [-0.39, 0.29) is 66.6 Å². The molecule has 1 aromatic carbocycles. The van der Waals surface area contributed by atoms with E-state index in [9.17, 15) is 33.9 Å². The van der Waals surface area contributed by atoms with Gasteiger partial charge in [0, 0.05) is 39.9 Å². The molecule has 3 rings (SSSR count). The second-order valence-electron chi connectivity index (χ2n) is 17.0. The summed E-state index contributed by atoms with van der Waals surface area (Å²) in [7, 11) is 3.19. The summed E-state index contributed by atoms with van der Waals surface area (Å²) in [5.74, 6) is -2.53. The first-order valence-electron chi connectivity index (χ1n) is 19.4. The van der Waals surface area contributed by atoms with Gasteiger partial charge in [-0.2, -0.15) is 0 Å². The Bertz CT molecular complexity index is 1410. The molecule has 4 amide bonds. The number of likely N-dealkylation sites (tertiary alicyclic amines) is 1. The minimum atomic E-state index is -1.49. The Labute approximate surface area is 316 Å². The Morgan fingerprint density at radius 3 is 2.15 bits per heavy atom. The molecule has 296 valence electrons. The van der Waals surface area contributed by atoms with Crippen molar-refractivity contribution in [2.45, 2.75) is 130 Å². The molecule has 0 radical (unpaired) electrons. The van der Waals surface area contributed by atoms with Crippen molar-refractivity contribution < 1.29 is 38.6 Å². The van der Waals surface area contributed by atoms with E-state index in [4.69, 9.17) is 4.74 Å². The molecule has 5 atom stereocenters. The number of carbonyl (C=O) groups is 6. The zero-order chi connectivity index (χ0) is 39.5. The molecule has 2 unspecified atom stereocenters. The van der Waals surface area contributed by atoms with E-state index in [1.807, 2.05) is 47.6 Å². The maximum Gasteiger partial charge on any atom is 0.407 e. The molecule has 1 heterocycles. The van der Waals surface area contributed by atoms with Crippen molar-refractivity contribution in [3.05, 3.63) is 35.9 Å². The molecule has 1 aromatic rings. The molecule has 2 aliphatic rings. The summed E-state index contributed by atoms with van der Waals surface area (Å²) >= 11 is 0. The van der Waals surface area contributed by atoms with Gasteiger partial charge in [0.05, 0.1) is 12.6 Å². The van der Waals surface area contributed by atoms with E-state index in [2.05, 4.69) is 10.6 Å². The monoisotopic (exact) mass is 740 g/mol. The second-order valence-corrected chi connectivity index (χ2v) is 17.0. The number of ketones is 2. The molecule has 12 heteroatoms. The number of nitrogens with zero attached hydrogens (tertiary/aromatic N) is 2. The van der Waals surface area contributed by atoms with Crippen molar-refractivity contribution in [2.75, 3.05) is 27.2 Å². The summed E-state index contributed by atoms with van der Waals surface area (Å²) < 4.78 is 5.40. The van der Waals surface area contributed by atoms with Gasteiger partial charge in [-0.1, -0.05) is 91.1 Å². The van der Waals surface area contributed by atoms with Crippen molar-refractivity contribution >= 4 is 35.4 Å². The highest BCUT2D eigenvalue weighted by atomic mass is 16.5. The Balaban J connectivity index is 1.73. The van der Waals surface area contributed by atoms with Crippen LogP contribution in [0, 0.1) is 29.1 Å². The number of likely N-dealkylation sites (N-methyl/N-ethyl adjacent to an activating group) is 1. The lowest BCUT2D eigenvalue weighted by Crippen LogP contribution is -2.55. The number of hydrogen-bond acceptors (Lipinski definition) is 8. The van der Waals surface area contributed by atoms with Gasteiger partial charge in [-0.25, -0.2) is 4.79 Å². The van der Waals surface area contributed by atoms with Crippen LogP contribution in [0.4, 0.5) is 4.79 Å². The predicted octanol–water partition coefficient (Wildman–Crippen LogP) is 5.22.